The van der Waals surface area contributed by atoms with Crippen molar-refractivity contribution in [3.8, 4) is 0 Å². The van der Waals surface area contributed by atoms with Crippen LogP contribution in [0.25, 0.3) is 0 Å². The maximum Gasteiger partial charge on any atom is -0.0414 e. The standard InChI is InChI=1S/C11H24.C2H6/c1-4-7-10-11(8-5-2)9-6-3;1-2/h11H,4-10H2,1-3H3;1-2H3. The van der Waals surface area contributed by atoms with Gasteiger partial charge in [0.15, 0.2) is 0 Å². The van der Waals surface area contributed by atoms with Crippen LogP contribution in [-0.2, 0) is 0 Å². The van der Waals surface area contributed by atoms with Gasteiger partial charge in [-0.2, -0.15) is 0 Å². The first kappa shape index (κ1) is 15.5. The van der Waals surface area contributed by atoms with Crippen LogP contribution < -0.4 is 0 Å². The van der Waals surface area contributed by atoms with Gasteiger partial charge in [-0.05, 0) is 5.92 Å². The monoisotopic (exact) mass is 186 g/mol. The fourth-order valence-corrected chi connectivity index (χ4v) is 1.74. The average Bonchev–Trinajstić information content (AvgIpc) is 2.18. The lowest BCUT2D eigenvalue weighted by molar-refractivity contribution is 0.398. The normalized spacial score (nSPS) is 9.69. The molecule has 0 atom stereocenters. The zero-order valence-electron chi connectivity index (χ0n) is 10.5. The summed E-state index contributed by atoms with van der Waals surface area (Å²) < 4.78 is 0. The summed E-state index contributed by atoms with van der Waals surface area (Å²) in [4.78, 5) is 0. The fourth-order valence-electron chi connectivity index (χ4n) is 1.74. The predicted octanol–water partition coefficient (Wildman–Crippen LogP) is 5.42. The van der Waals surface area contributed by atoms with E-state index in [-0.39, 0.29) is 0 Å². The molecule has 0 heterocycles. The molecule has 0 N–H and O–H groups in total. The summed E-state index contributed by atoms with van der Waals surface area (Å²) in [6, 6.07) is 0. The molecular weight excluding hydrogens is 156 g/mol. The number of rotatable bonds is 7. The van der Waals surface area contributed by atoms with Crippen molar-refractivity contribution in [2.45, 2.75) is 79.6 Å². The summed E-state index contributed by atoms with van der Waals surface area (Å²) in [5, 5.41) is 0. The van der Waals surface area contributed by atoms with Gasteiger partial charge in [-0.15, -0.1) is 0 Å². The van der Waals surface area contributed by atoms with Gasteiger partial charge in [0.05, 0.1) is 0 Å². The van der Waals surface area contributed by atoms with Crippen LogP contribution in [0.4, 0.5) is 0 Å². The molecule has 0 saturated carbocycles. The van der Waals surface area contributed by atoms with Crippen molar-refractivity contribution in [2.24, 2.45) is 5.92 Å². The van der Waals surface area contributed by atoms with Gasteiger partial charge in [-0.1, -0.05) is 79.6 Å². The quantitative estimate of drug-likeness (QED) is 0.498. The van der Waals surface area contributed by atoms with Crippen LogP contribution in [0, 0.1) is 5.92 Å². The van der Waals surface area contributed by atoms with Gasteiger partial charge in [-0.3, -0.25) is 0 Å². The van der Waals surface area contributed by atoms with Gasteiger partial charge in [0.2, 0.25) is 0 Å². The third kappa shape index (κ3) is 12.0. The van der Waals surface area contributed by atoms with E-state index in [9.17, 15) is 0 Å². The second-order valence-electron chi connectivity index (χ2n) is 3.59. The summed E-state index contributed by atoms with van der Waals surface area (Å²) in [5.41, 5.74) is 0. The predicted molar refractivity (Wildman–Crippen MR) is 64.2 cm³/mol. The van der Waals surface area contributed by atoms with Crippen molar-refractivity contribution in [3.63, 3.8) is 0 Å². The van der Waals surface area contributed by atoms with E-state index in [4.69, 9.17) is 0 Å². The van der Waals surface area contributed by atoms with Crippen molar-refractivity contribution < 1.29 is 0 Å². The average molecular weight is 186 g/mol. The zero-order chi connectivity index (χ0) is 10.5. The minimum atomic E-state index is 1.03. The molecule has 0 aliphatic carbocycles. The Morgan fingerprint density at radius 1 is 0.692 bits per heavy atom. The van der Waals surface area contributed by atoms with Crippen LogP contribution >= 0.6 is 0 Å². The van der Waals surface area contributed by atoms with Crippen LogP contribution in [0.3, 0.4) is 0 Å². The van der Waals surface area contributed by atoms with Crippen molar-refractivity contribution in [2.75, 3.05) is 0 Å². The Bertz CT molecular complexity index is 60.4. The second-order valence-corrected chi connectivity index (χ2v) is 3.59. The second kappa shape index (κ2) is 14.5. The molecule has 0 spiro atoms. The molecule has 0 aromatic rings. The lowest BCUT2D eigenvalue weighted by Gasteiger charge is -2.13. The minimum absolute atomic E-state index is 1.03. The minimum Gasteiger partial charge on any atom is -0.0683 e. The largest absolute Gasteiger partial charge is 0.0683 e. The Balaban J connectivity index is 0. The van der Waals surface area contributed by atoms with E-state index in [1.807, 2.05) is 13.8 Å². The number of hydrogen-bond acceptors (Lipinski definition) is 0. The van der Waals surface area contributed by atoms with Crippen LogP contribution in [-0.4, -0.2) is 0 Å². The van der Waals surface area contributed by atoms with E-state index >= 15 is 0 Å². The Hall–Kier alpha value is 0. The topological polar surface area (TPSA) is 0 Å². The van der Waals surface area contributed by atoms with E-state index < -0.39 is 0 Å². The Morgan fingerprint density at radius 3 is 1.46 bits per heavy atom. The highest BCUT2D eigenvalue weighted by molar-refractivity contribution is 4.57. The highest BCUT2D eigenvalue weighted by atomic mass is 14.1. The first-order valence-corrected chi connectivity index (χ1v) is 6.35. The molecule has 0 unspecified atom stereocenters. The molecule has 0 heteroatoms. The molecule has 0 bridgehead atoms. The Kier molecular flexibility index (Phi) is 17.3. The van der Waals surface area contributed by atoms with E-state index in [1.54, 1.807) is 0 Å². The summed E-state index contributed by atoms with van der Waals surface area (Å²) in [6.45, 7) is 10.9. The molecule has 82 valence electrons. The highest BCUT2D eigenvalue weighted by Gasteiger charge is 2.04. The Morgan fingerprint density at radius 2 is 1.15 bits per heavy atom. The van der Waals surface area contributed by atoms with Gasteiger partial charge >= 0.3 is 0 Å². The smallest absolute Gasteiger partial charge is 0.0414 e. The van der Waals surface area contributed by atoms with Crippen molar-refractivity contribution >= 4 is 0 Å². The van der Waals surface area contributed by atoms with Crippen LogP contribution in [0.2, 0.25) is 0 Å². The molecule has 0 aliphatic rings. The first-order valence-electron chi connectivity index (χ1n) is 6.35. The fraction of sp³-hybridized carbons (Fsp3) is 1.00. The van der Waals surface area contributed by atoms with E-state index in [1.165, 1.54) is 44.9 Å². The van der Waals surface area contributed by atoms with E-state index in [2.05, 4.69) is 20.8 Å². The molecule has 0 fully saturated rings. The molecule has 13 heavy (non-hydrogen) atoms. The van der Waals surface area contributed by atoms with Gasteiger partial charge < -0.3 is 0 Å². The maximum atomic E-state index is 2.30. The molecule has 0 nitrogen and oxygen atoms in total. The van der Waals surface area contributed by atoms with E-state index in [0.717, 1.165) is 5.92 Å². The molecule has 0 radical (unpaired) electrons. The zero-order valence-corrected chi connectivity index (χ0v) is 10.5. The molecular formula is C13H30. The third-order valence-electron chi connectivity index (χ3n) is 2.36. The molecule has 0 rings (SSSR count). The first-order chi connectivity index (χ1) is 6.35. The number of unbranched alkanes of at least 4 members (excludes halogenated alkanes) is 1. The van der Waals surface area contributed by atoms with Gasteiger partial charge in [-0.25, -0.2) is 0 Å². The highest BCUT2D eigenvalue weighted by Crippen LogP contribution is 2.19. The molecule has 0 saturated heterocycles. The van der Waals surface area contributed by atoms with Gasteiger partial charge in [0.1, 0.15) is 0 Å². The molecule has 0 amide bonds. The van der Waals surface area contributed by atoms with Crippen molar-refractivity contribution in [3.05, 3.63) is 0 Å². The van der Waals surface area contributed by atoms with Crippen LogP contribution in [0.5, 0.6) is 0 Å². The summed E-state index contributed by atoms with van der Waals surface area (Å²) in [6.07, 6.45) is 9.91. The molecule has 0 aromatic heterocycles. The summed E-state index contributed by atoms with van der Waals surface area (Å²) in [5.74, 6) is 1.03. The summed E-state index contributed by atoms with van der Waals surface area (Å²) in [7, 11) is 0. The third-order valence-corrected chi connectivity index (χ3v) is 2.36. The number of hydrogen-bond donors (Lipinski definition) is 0. The van der Waals surface area contributed by atoms with Crippen molar-refractivity contribution in [1.29, 1.82) is 0 Å². The van der Waals surface area contributed by atoms with Crippen LogP contribution in [0.15, 0.2) is 0 Å². The van der Waals surface area contributed by atoms with Gasteiger partial charge in [0.25, 0.3) is 0 Å². The Labute approximate surface area is 86.1 Å². The van der Waals surface area contributed by atoms with Crippen LogP contribution in [0.1, 0.15) is 79.6 Å². The van der Waals surface area contributed by atoms with Crippen molar-refractivity contribution in [1.82, 2.24) is 0 Å². The molecule has 0 aromatic carbocycles. The lowest BCUT2D eigenvalue weighted by Crippen LogP contribution is -1.99. The van der Waals surface area contributed by atoms with E-state index in [0.29, 0.717) is 0 Å². The SMILES string of the molecule is CC.CCCCC(CCC)CCC. The molecule has 0 aliphatic heterocycles. The maximum absolute atomic E-state index is 2.30. The lowest BCUT2D eigenvalue weighted by atomic mass is 9.93. The van der Waals surface area contributed by atoms with Gasteiger partial charge in [0, 0.05) is 0 Å². The summed E-state index contributed by atoms with van der Waals surface area (Å²) >= 11 is 0.